The van der Waals surface area contributed by atoms with Crippen LogP contribution in [0.3, 0.4) is 0 Å². The van der Waals surface area contributed by atoms with Gasteiger partial charge in [0.25, 0.3) is 5.56 Å². The number of nitrogens with one attached hydrogen (secondary N) is 1. The van der Waals surface area contributed by atoms with Gasteiger partial charge in [0.2, 0.25) is 0 Å². The maximum absolute atomic E-state index is 12.8. The summed E-state index contributed by atoms with van der Waals surface area (Å²) in [5.41, 5.74) is 2.27. The molecular formula is C25H30ClN3O4S. The van der Waals surface area contributed by atoms with Crippen LogP contribution >= 0.6 is 22.9 Å². The van der Waals surface area contributed by atoms with Crippen LogP contribution in [0.1, 0.15) is 53.3 Å². The van der Waals surface area contributed by atoms with E-state index in [2.05, 4.69) is 40.8 Å². The van der Waals surface area contributed by atoms with E-state index < -0.39 is 5.97 Å². The van der Waals surface area contributed by atoms with E-state index in [9.17, 15) is 9.59 Å². The smallest absolute Gasteiger partial charge is 0.348 e. The Morgan fingerprint density at radius 2 is 1.85 bits per heavy atom. The van der Waals surface area contributed by atoms with Crippen molar-refractivity contribution in [2.45, 2.75) is 33.6 Å². The number of thiophene rings is 1. The van der Waals surface area contributed by atoms with Gasteiger partial charge in [-0.2, -0.15) is 0 Å². The number of ether oxygens (including phenoxy) is 2. The van der Waals surface area contributed by atoms with Gasteiger partial charge in [0.1, 0.15) is 16.3 Å². The molecule has 0 radical (unpaired) electrons. The number of H-pyrrole nitrogens is 1. The summed E-state index contributed by atoms with van der Waals surface area (Å²) >= 11 is 7.64. The lowest BCUT2D eigenvalue weighted by atomic mass is 10.1. The summed E-state index contributed by atoms with van der Waals surface area (Å²) < 4.78 is 10.1. The van der Waals surface area contributed by atoms with Crippen LogP contribution in [0.4, 0.5) is 5.69 Å². The van der Waals surface area contributed by atoms with Crippen molar-refractivity contribution in [1.82, 2.24) is 9.97 Å². The number of esters is 1. The van der Waals surface area contributed by atoms with Crippen molar-refractivity contribution >= 4 is 55.9 Å². The van der Waals surface area contributed by atoms with Gasteiger partial charge < -0.3 is 19.4 Å². The van der Waals surface area contributed by atoms with Crippen LogP contribution in [0.5, 0.6) is 0 Å². The molecule has 0 spiro atoms. The Labute approximate surface area is 208 Å². The first-order valence-corrected chi connectivity index (χ1v) is 12.5. The van der Waals surface area contributed by atoms with Gasteiger partial charge in [-0.1, -0.05) is 37.6 Å². The van der Waals surface area contributed by atoms with Crippen molar-refractivity contribution in [3.8, 4) is 0 Å². The fourth-order valence-electron chi connectivity index (χ4n) is 3.64. The van der Waals surface area contributed by atoms with E-state index in [4.69, 9.17) is 21.1 Å². The van der Waals surface area contributed by atoms with Crippen LogP contribution in [-0.4, -0.2) is 49.4 Å². The molecule has 0 aliphatic rings. The van der Waals surface area contributed by atoms with Crippen LogP contribution < -0.4 is 10.5 Å². The standard InChI is InChI=1S/C25H30ClN3O4S/c1-5-11-29(12-6-2)18-9-7-17(8-10-18)15-19(26)22-27-23(30)20-16(3)21(34-24(20)28-22)25(31)33-14-13-32-4/h7-10,15H,5-6,11-14H2,1-4H3,(H,27,28,30)/b19-15-. The summed E-state index contributed by atoms with van der Waals surface area (Å²) in [6, 6.07) is 8.14. The monoisotopic (exact) mass is 503 g/mol. The lowest BCUT2D eigenvalue weighted by Gasteiger charge is -2.23. The van der Waals surface area contributed by atoms with E-state index in [-0.39, 0.29) is 18.0 Å². The number of carbonyl (C=O) groups excluding carboxylic acids is 1. The van der Waals surface area contributed by atoms with Gasteiger partial charge in [0, 0.05) is 25.9 Å². The van der Waals surface area contributed by atoms with Crippen molar-refractivity contribution in [2.75, 3.05) is 38.3 Å². The second-order valence-corrected chi connectivity index (χ2v) is 9.26. The van der Waals surface area contributed by atoms with E-state index in [1.54, 1.807) is 13.0 Å². The zero-order chi connectivity index (χ0) is 24.7. The highest BCUT2D eigenvalue weighted by atomic mass is 35.5. The fraction of sp³-hybridized carbons (Fsp3) is 0.400. The second-order valence-electron chi connectivity index (χ2n) is 7.85. The fourth-order valence-corrected chi connectivity index (χ4v) is 4.93. The number of aromatic nitrogens is 2. The number of rotatable bonds is 11. The molecule has 1 N–H and O–H groups in total. The molecule has 0 unspecified atom stereocenters. The number of benzene rings is 1. The summed E-state index contributed by atoms with van der Waals surface area (Å²) in [5.74, 6) is -0.247. The first-order chi connectivity index (χ1) is 16.4. The molecule has 2 aromatic heterocycles. The molecule has 0 atom stereocenters. The first kappa shape index (κ1) is 25.9. The summed E-state index contributed by atoms with van der Waals surface area (Å²) in [5, 5.41) is 0.675. The molecule has 3 rings (SSSR count). The molecule has 0 aliphatic heterocycles. The molecule has 1 aromatic carbocycles. The van der Waals surface area contributed by atoms with Crippen molar-refractivity contribution in [3.63, 3.8) is 0 Å². The number of fused-ring (bicyclic) bond motifs is 1. The summed E-state index contributed by atoms with van der Waals surface area (Å²) in [4.78, 5) is 35.5. The van der Waals surface area contributed by atoms with Crippen LogP contribution in [0.2, 0.25) is 0 Å². The van der Waals surface area contributed by atoms with Gasteiger partial charge in [-0.3, -0.25) is 4.79 Å². The highest BCUT2D eigenvalue weighted by Crippen LogP contribution is 2.29. The van der Waals surface area contributed by atoms with Crippen LogP contribution in [0.15, 0.2) is 29.1 Å². The minimum atomic E-state index is -0.500. The summed E-state index contributed by atoms with van der Waals surface area (Å²) in [6.45, 7) is 8.52. The number of aryl methyl sites for hydroxylation is 1. The zero-order valence-corrected chi connectivity index (χ0v) is 21.5. The van der Waals surface area contributed by atoms with E-state index >= 15 is 0 Å². The Kier molecular flexibility index (Phi) is 9.27. The van der Waals surface area contributed by atoms with Gasteiger partial charge in [-0.05, 0) is 49.1 Å². The third kappa shape index (κ3) is 6.05. The van der Waals surface area contributed by atoms with Crippen molar-refractivity contribution in [2.24, 2.45) is 0 Å². The van der Waals surface area contributed by atoms with E-state index in [1.165, 1.54) is 12.8 Å². The highest BCUT2D eigenvalue weighted by Gasteiger charge is 2.21. The molecular weight excluding hydrogens is 474 g/mol. The lowest BCUT2D eigenvalue weighted by molar-refractivity contribution is 0.0393. The van der Waals surface area contributed by atoms with Crippen molar-refractivity contribution in [3.05, 3.63) is 56.4 Å². The number of anilines is 1. The topological polar surface area (TPSA) is 84.5 Å². The quantitative estimate of drug-likeness (QED) is 0.276. The van der Waals surface area contributed by atoms with E-state index in [0.717, 1.165) is 42.8 Å². The molecule has 0 saturated heterocycles. The Hall–Kier alpha value is -2.68. The largest absolute Gasteiger partial charge is 0.459 e. The van der Waals surface area contributed by atoms with Crippen molar-refractivity contribution in [1.29, 1.82) is 0 Å². The average Bonchev–Trinajstić information content (AvgIpc) is 3.16. The molecule has 9 heteroatoms. The van der Waals surface area contributed by atoms with Gasteiger partial charge in [-0.15, -0.1) is 11.3 Å². The van der Waals surface area contributed by atoms with Crippen LogP contribution in [0.25, 0.3) is 21.3 Å². The van der Waals surface area contributed by atoms with Crippen LogP contribution in [0, 0.1) is 6.92 Å². The maximum Gasteiger partial charge on any atom is 0.348 e. The zero-order valence-electron chi connectivity index (χ0n) is 19.9. The van der Waals surface area contributed by atoms with Gasteiger partial charge >= 0.3 is 5.97 Å². The Morgan fingerprint density at radius 3 is 2.47 bits per heavy atom. The van der Waals surface area contributed by atoms with E-state index in [0.29, 0.717) is 32.3 Å². The maximum atomic E-state index is 12.8. The Bertz CT molecular complexity index is 1210. The molecule has 3 aromatic rings. The number of hydrogen-bond donors (Lipinski definition) is 1. The molecule has 0 amide bonds. The minimum Gasteiger partial charge on any atom is -0.459 e. The second kappa shape index (κ2) is 12.1. The van der Waals surface area contributed by atoms with Gasteiger partial charge in [-0.25, -0.2) is 9.78 Å². The highest BCUT2D eigenvalue weighted by molar-refractivity contribution is 7.20. The predicted molar refractivity (Wildman–Crippen MR) is 140 cm³/mol. The molecule has 0 saturated carbocycles. The van der Waals surface area contributed by atoms with Gasteiger partial charge in [0.05, 0.1) is 17.0 Å². The number of halogens is 1. The molecule has 0 aliphatic carbocycles. The molecule has 7 nitrogen and oxygen atoms in total. The number of methoxy groups -OCH3 is 1. The van der Waals surface area contributed by atoms with E-state index in [1.807, 2.05) is 12.1 Å². The van der Waals surface area contributed by atoms with Crippen LogP contribution in [-0.2, 0) is 9.47 Å². The molecule has 182 valence electrons. The number of carbonyl (C=O) groups is 1. The predicted octanol–water partition coefficient (Wildman–Crippen LogP) is 5.46. The Balaban J connectivity index is 1.87. The molecule has 34 heavy (non-hydrogen) atoms. The molecule has 0 fully saturated rings. The normalized spacial score (nSPS) is 11.7. The summed E-state index contributed by atoms with van der Waals surface area (Å²) in [7, 11) is 1.53. The number of hydrogen-bond acceptors (Lipinski definition) is 7. The Morgan fingerprint density at radius 1 is 1.18 bits per heavy atom. The summed E-state index contributed by atoms with van der Waals surface area (Å²) in [6.07, 6.45) is 3.94. The molecule has 2 heterocycles. The lowest BCUT2D eigenvalue weighted by Crippen LogP contribution is -2.24. The third-order valence-electron chi connectivity index (χ3n) is 5.27. The number of nitrogens with zero attached hydrogens (tertiary/aromatic N) is 2. The van der Waals surface area contributed by atoms with Gasteiger partial charge in [0.15, 0.2) is 5.82 Å². The first-order valence-electron chi connectivity index (χ1n) is 11.3. The average molecular weight is 504 g/mol. The number of aromatic amines is 1. The third-order valence-corrected chi connectivity index (χ3v) is 6.73. The SMILES string of the molecule is CCCN(CCC)c1ccc(/C=C(\Cl)c2nc3sc(C(=O)OCCOC)c(C)c3c(=O)[nH]2)cc1. The van der Waals surface area contributed by atoms with Crippen molar-refractivity contribution < 1.29 is 14.3 Å². The minimum absolute atomic E-state index is 0.139. The molecule has 0 bridgehead atoms.